The zero-order valence-electron chi connectivity index (χ0n) is 19.4. The first-order valence-electron chi connectivity index (χ1n) is 10.9. The molecule has 0 saturated carbocycles. The molecule has 1 fully saturated rings. The topological polar surface area (TPSA) is 67.4 Å². The zero-order valence-corrected chi connectivity index (χ0v) is 21.7. The molecule has 0 radical (unpaired) electrons. The molecule has 2 aromatic carbocycles. The van der Waals surface area contributed by atoms with E-state index in [4.69, 9.17) is 19.2 Å². The molecule has 0 aromatic heterocycles. The van der Waals surface area contributed by atoms with Crippen LogP contribution in [0.25, 0.3) is 0 Å². The lowest BCUT2D eigenvalue weighted by Crippen LogP contribution is -2.31. The Hall–Kier alpha value is -2.36. The Labute approximate surface area is 208 Å². The highest BCUT2D eigenvalue weighted by molar-refractivity contribution is 14.0. The third kappa shape index (κ3) is 7.08. The highest BCUT2D eigenvalue weighted by Crippen LogP contribution is 2.30. The molecule has 32 heavy (non-hydrogen) atoms. The number of hydrogen-bond donors (Lipinski definition) is 2. The van der Waals surface area contributed by atoms with Gasteiger partial charge in [0, 0.05) is 49.7 Å². The third-order valence-electron chi connectivity index (χ3n) is 5.28. The van der Waals surface area contributed by atoms with Crippen molar-refractivity contribution in [1.29, 1.82) is 0 Å². The van der Waals surface area contributed by atoms with Crippen LogP contribution >= 0.6 is 24.0 Å². The standard InChI is InChI=1S/C24H34N4O3.HI/c1-5-25-24(27-19-10-11-22(30-4)23(14-19)31-6-2)26-16-18-12-13-28(17-18)20-8-7-9-21(15-20)29-3;/h7-11,14-15,18H,5-6,12-13,16-17H2,1-4H3,(H2,25,26,27);1H. The fourth-order valence-electron chi connectivity index (χ4n) is 3.71. The average molecular weight is 554 g/mol. The van der Waals surface area contributed by atoms with Crippen LogP contribution in [0.5, 0.6) is 17.2 Å². The summed E-state index contributed by atoms with van der Waals surface area (Å²) in [5.74, 6) is 3.61. The van der Waals surface area contributed by atoms with E-state index in [-0.39, 0.29) is 24.0 Å². The normalized spacial score (nSPS) is 15.7. The highest BCUT2D eigenvalue weighted by Gasteiger charge is 2.23. The van der Waals surface area contributed by atoms with Crippen molar-refractivity contribution in [2.45, 2.75) is 20.3 Å². The average Bonchev–Trinajstić information content (AvgIpc) is 3.27. The second-order valence-electron chi connectivity index (χ2n) is 7.45. The van der Waals surface area contributed by atoms with Gasteiger partial charge in [-0.1, -0.05) is 6.07 Å². The van der Waals surface area contributed by atoms with Crippen molar-refractivity contribution in [3.05, 3.63) is 42.5 Å². The first-order valence-corrected chi connectivity index (χ1v) is 10.9. The predicted octanol–water partition coefficient (Wildman–Crippen LogP) is 4.62. The van der Waals surface area contributed by atoms with Gasteiger partial charge in [-0.15, -0.1) is 24.0 Å². The molecule has 7 nitrogen and oxygen atoms in total. The first-order chi connectivity index (χ1) is 15.2. The van der Waals surface area contributed by atoms with Gasteiger partial charge < -0.3 is 29.7 Å². The summed E-state index contributed by atoms with van der Waals surface area (Å²) in [7, 11) is 3.35. The van der Waals surface area contributed by atoms with Gasteiger partial charge in [0.2, 0.25) is 0 Å². The number of methoxy groups -OCH3 is 2. The molecule has 1 atom stereocenters. The summed E-state index contributed by atoms with van der Waals surface area (Å²) in [4.78, 5) is 7.25. The van der Waals surface area contributed by atoms with Crippen molar-refractivity contribution in [2.75, 3.05) is 57.2 Å². The predicted molar refractivity (Wildman–Crippen MR) is 142 cm³/mol. The lowest BCUT2D eigenvalue weighted by atomic mass is 10.1. The van der Waals surface area contributed by atoms with Gasteiger partial charge in [-0.3, -0.25) is 4.99 Å². The SMILES string of the molecule is CCNC(=NCC1CCN(c2cccc(OC)c2)C1)Nc1ccc(OC)c(OCC)c1.I. The van der Waals surface area contributed by atoms with Crippen LogP contribution in [-0.2, 0) is 0 Å². The van der Waals surface area contributed by atoms with Gasteiger partial charge in [0.1, 0.15) is 5.75 Å². The van der Waals surface area contributed by atoms with Crippen molar-refractivity contribution in [3.8, 4) is 17.2 Å². The van der Waals surface area contributed by atoms with Gasteiger partial charge in [-0.05, 0) is 50.5 Å². The van der Waals surface area contributed by atoms with E-state index in [2.05, 4.69) is 34.6 Å². The van der Waals surface area contributed by atoms with Crippen LogP contribution in [0.3, 0.4) is 0 Å². The molecule has 176 valence electrons. The number of nitrogens with zero attached hydrogens (tertiary/aromatic N) is 2. The van der Waals surface area contributed by atoms with Gasteiger partial charge in [-0.25, -0.2) is 0 Å². The van der Waals surface area contributed by atoms with Crippen LogP contribution in [-0.4, -0.2) is 53.0 Å². The van der Waals surface area contributed by atoms with E-state index in [1.54, 1.807) is 14.2 Å². The molecule has 8 heteroatoms. The Kier molecular flexibility index (Phi) is 10.7. The largest absolute Gasteiger partial charge is 0.497 e. The van der Waals surface area contributed by atoms with Crippen molar-refractivity contribution < 1.29 is 14.2 Å². The number of benzene rings is 2. The highest BCUT2D eigenvalue weighted by atomic mass is 127. The molecule has 0 bridgehead atoms. The molecule has 2 N–H and O–H groups in total. The quantitative estimate of drug-likeness (QED) is 0.268. The number of halogens is 1. The maximum atomic E-state index is 5.68. The van der Waals surface area contributed by atoms with Crippen molar-refractivity contribution in [1.82, 2.24) is 5.32 Å². The number of anilines is 2. The molecule has 1 unspecified atom stereocenters. The summed E-state index contributed by atoms with van der Waals surface area (Å²) in [6.07, 6.45) is 1.12. The molecule has 0 spiro atoms. The lowest BCUT2D eigenvalue weighted by molar-refractivity contribution is 0.311. The number of hydrogen-bond acceptors (Lipinski definition) is 5. The Bertz CT molecular complexity index is 878. The van der Waals surface area contributed by atoms with E-state index in [1.165, 1.54) is 5.69 Å². The van der Waals surface area contributed by atoms with E-state index in [9.17, 15) is 0 Å². The minimum Gasteiger partial charge on any atom is -0.497 e. The molecule has 3 rings (SSSR count). The van der Waals surface area contributed by atoms with E-state index < -0.39 is 0 Å². The maximum absolute atomic E-state index is 5.68. The smallest absolute Gasteiger partial charge is 0.195 e. The van der Waals surface area contributed by atoms with E-state index in [0.29, 0.717) is 12.5 Å². The Balaban J connectivity index is 0.00000363. The zero-order chi connectivity index (χ0) is 22.1. The van der Waals surface area contributed by atoms with E-state index in [0.717, 1.165) is 61.5 Å². The van der Waals surface area contributed by atoms with Crippen molar-refractivity contribution in [2.24, 2.45) is 10.9 Å². The number of aliphatic imine (C=N–C) groups is 1. The second kappa shape index (κ2) is 13.2. The Morgan fingerprint density at radius 2 is 1.94 bits per heavy atom. The van der Waals surface area contributed by atoms with Crippen molar-refractivity contribution in [3.63, 3.8) is 0 Å². The molecule has 1 saturated heterocycles. The van der Waals surface area contributed by atoms with Crippen LogP contribution < -0.4 is 29.7 Å². The third-order valence-corrected chi connectivity index (χ3v) is 5.28. The summed E-state index contributed by atoms with van der Waals surface area (Å²) in [6.45, 7) is 8.20. The number of ether oxygens (including phenoxy) is 3. The second-order valence-corrected chi connectivity index (χ2v) is 7.45. The van der Waals surface area contributed by atoms with Gasteiger partial charge >= 0.3 is 0 Å². The molecule has 0 aliphatic carbocycles. The summed E-state index contributed by atoms with van der Waals surface area (Å²) >= 11 is 0. The number of guanidine groups is 1. The Morgan fingerprint density at radius 3 is 2.66 bits per heavy atom. The summed E-state index contributed by atoms with van der Waals surface area (Å²) in [5, 5.41) is 6.71. The first kappa shape index (κ1) is 25.9. The minimum atomic E-state index is 0. The van der Waals surface area contributed by atoms with Gasteiger partial charge in [0.05, 0.1) is 20.8 Å². The van der Waals surface area contributed by atoms with Crippen LogP contribution in [0.15, 0.2) is 47.5 Å². The molecular weight excluding hydrogens is 519 g/mol. The van der Waals surface area contributed by atoms with Crippen LogP contribution in [0, 0.1) is 5.92 Å². The molecular formula is C24H35IN4O3. The Morgan fingerprint density at radius 1 is 1.09 bits per heavy atom. The van der Waals surface area contributed by atoms with Crippen LogP contribution in [0.1, 0.15) is 20.3 Å². The fourth-order valence-corrected chi connectivity index (χ4v) is 3.71. The summed E-state index contributed by atoms with van der Waals surface area (Å²) in [5.41, 5.74) is 2.12. The molecule has 2 aromatic rings. The molecule has 1 aliphatic heterocycles. The minimum absolute atomic E-state index is 0. The van der Waals surface area contributed by atoms with Crippen LogP contribution in [0.2, 0.25) is 0 Å². The summed E-state index contributed by atoms with van der Waals surface area (Å²) in [6, 6.07) is 14.1. The molecule has 1 heterocycles. The van der Waals surface area contributed by atoms with E-state index in [1.807, 2.05) is 37.3 Å². The fraction of sp³-hybridized carbons (Fsp3) is 0.458. The lowest BCUT2D eigenvalue weighted by Gasteiger charge is -2.19. The monoisotopic (exact) mass is 554 g/mol. The van der Waals surface area contributed by atoms with Crippen molar-refractivity contribution >= 4 is 41.3 Å². The van der Waals surface area contributed by atoms with Gasteiger partial charge in [-0.2, -0.15) is 0 Å². The molecule has 0 amide bonds. The maximum Gasteiger partial charge on any atom is 0.195 e. The summed E-state index contributed by atoms with van der Waals surface area (Å²) < 4.78 is 16.4. The van der Waals surface area contributed by atoms with E-state index >= 15 is 0 Å². The van der Waals surface area contributed by atoms with Gasteiger partial charge in [0.15, 0.2) is 17.5 Å². The van der Waals surface area contributed by atoms with Crippen LogP contribution in [0.4, 0.5) is 11.4 Å². The number of rotatable bonds is 9. The molecule has 1 aliphatic rings. The number of nitrogens with one attached hydrogen (secondary N) is 2. The van der Waals surface area contributed by atoms with Gasteiger partial charge in [0.25, 0.3) is 0 Å².